The minimum absolute atomic E-state index is 0.121. The predicted molar refractivity (Wildman–Crippen MR) is 199 cm³/mol. The minimum Gasteiger partial charge on any atom is -0.507 e. The second kappa shape index (κ2) is 14.8. The number of carbonyl (C=O) groups excluding carboxylic acids is 2. The lowest BCUT2D eigenvalue weighted by Gasteiger charge is -2.17. The van der Waals surface area contributed by atoms with Crippen molar-refractivity contribution in [3.63, 3.8) is 0 Å². The quantitative estimate of drug-likeness (QED) is 0.0977. The van der Waals surface area contributed by atoms with Crippen molar-refractivity contribution in [2.45, 2.75) is 83.1 Å². The average Bonchev–Trinajstić information content (AvgIpc) is 3.04. The van der Waals surface area contributed by atoms with Crippen LogP contribution in [0.1, 0.15) is 87.5 Å². The maximum atomic E-state index is 12.5. The summed E-state index contributed by atoms with van der Waals surface area (Å²) in [5, 5.41) is 20.9. The van der Waals surface area contributed by atoms with Gasteiger partial charge in [0.25, 0.3) is 11.5 Å². The van der Waals surface area contributed by atoms with Gasteiger partial charge in [-0.2, -0.15) is 0 Å². The van der Waals surface area contributed by atoms with Gasteiger partial charge in [-0.05, 0) is 174 Å². The summed E-state index contributed by atoms with van der Waals surface area (Å²) in [7, 11) is 0. The number of amides is 1. The lowest BCUT2D eigenvalue weighted by molar-refractivity contribution is 0.100. The molecule has 0 spiro atoms. The number of primary amides is 1. The van der Waals surface area contributed by atoms with Gasteiger partial charge in [0.05, 0.1) is 27.6 Å². The Morgan fingerprint density at radius 3 is 1.69 bits per heavy atom. The van der Waals surface area contributed by atoms with Gasteiger partial charge in [0, 0.05) is 5.69 Å². The molecule has 4 aromatic carbocycles. The van der Waals surface area contributed by atoms with Gasteiger partial charge in [-0.15, -0.1) is 0 Å². The second-order valence-electron chi connectivity index (χ2n) is 12.9. The summed E-state index contributed by atoms with van der Waals surface area (Å²) in [6.45, 7) is 23.3. The van der Waals surface area contributed by atoms with Gasteiger partial charge in [-0.25, -0.2) is 4.98 Å². The number of nitrogens with zero attached hydrogens (tertiary/aromatic N) is 1. The Morgan fingerprint density at radius 1 is 0.673 bits per heavy atom. The Labute approximate surface area is 288 Å². The molecule has 1 amide bonds. The van der Waals surface area contributed by atoms with E-state index in [0.29, 0.717) is 45.4 Å². The van der Waals surface area contributed by atoms with Gasteiger partial charge >= 0.3 is 0 Å². The Hall–Kier alpha value is -5.44. The van der Waals surface area contributed by atoms with Gasteiger partial charge in [0.15, 0.2) is 6.29 Å². The summed E-state index contributed by atoms with van der Waals surface area (Å²) in [6.07, 6.45) is 0.712. The SMILES string of the molecule is Cc1c(C)c(C)c(C=O)c(O)c1C.Cc1cc(N)c(C(N)=O)cc1C.Cc1cc2nc(-c3c(C)c(C)c(C)c(C)c3O)[nH]c(=O)c2cc1C. The largest absolute Gasteiger partial charge is 0.507 e. The van der Waals surface area contributed by atoms with Gasteiger partial charge in [-0.1, -0.05) is 0 Å². The first kappa shape index (κ1) is 38.0. The number of H-pyrrole nitrogens is 1. The highest BCUT2D eigenvalue weighted by atomic mass is 16.3. The molecule has 5 aromatic rings. The molecular formula is C40H48N4O5. The molecule has 9 nitrogen and oxygen atoms in total. The highest BCUT2D eigenvalue weighted by Crippen LogP contribution is 2.37. The molecular weight excluding hydrogens is 616 g/mol. The molecule has 0 aliphatic carbocycles. The third-order valence-electron chi connectivity index (χ3n) is 9.96. The number of hydrogen-bond acceptors (Lipinski definition) is 7. The van der Waals surface area contributed by atoms with Crippen molar-refractivity contribution in [2.24, 2.45) is 5.73 Å². The van der Waals surface area contributed by atoms with Crippen molar-refractivity contribution in [3.05, 3.63) is 113 Å². The standard InChI is InChI=1S/C20H22N2O2.C11H14O2.C9H12N2O/c1-9-7-15-16(8-10(9)2)21-19(22-20(15)24)17-13(5)11(3)12(4)14(6)18(17)23;1-6-7(2)9(4)11(13)10(5-12)8(6)3;1-5-3-7(9(11)12)8(10)4-6(5)2/h7-8,23H,1-6H3,(H,21,22,24);5,13H,1-4H3;3-4H,10H2,1-2H3,(H2,11,12). The Kier molecular flexibility index (Phi) is 11.5. The number of nitrogen functional groups attached to an aromatic ring is 1. The van der Waals surface area contributed by atoms with Crippen LogP contribution >= 0.6 is 0 Å². The number of hydrogen-bond donors (Lipinski definition) is 5. The summed E-state index contributed by atoms with van der Waals surface area (Å²) in [6, 6.07) is 7.25. The van der Waals surface area contributed by atoms with E-state index in [4.69, 9.17) is 11.5 Å². The van der Waals surface area contributed by atoms with Crippen LogP contribution in [0, 0.1) is 83.1 Å². The van der Waals surface area contributed by atoms with E-state index < -0.39 is 5.91 Å². The number of phenols is 2. The predicted octanol–water partition coefficient (Wildman–Crippen LogP) is 7.57. The molecule has 0 aliphatic rings. The van der Waals surface area contributed by atoms with Crippen molar-refractivity contribution in [1.29, 1.82) is 0 Å². The number of nitrogens with one attached hydrogen (secondary N) is 1. The number of anilines is 1. The number of aldehydes is 1. The van der Waals surface area contributed by atoms with Gasteiger partial charge in [0.1, 0.15) is 17.3 Å². The molecule has 1 aromatic heterocycles. The van der Waals surface area contributed by atoms with E-state index in [1.54, 1.807) is 12.1 Å². The topological polar surface area (TPSA) is 172 Å². The first-order valence-corrected chi connectivity index (χ1v) is 16.0. The number of aromatic hydroxyl groups is 2. The van der Waals surface area contributed by atoms with Crippen molar-refractivity contribution >= 4 is 28.8 Å². The highest BCUT2D eigenvalue weighted by molar-refractivity contribution is 5.98. The zero-order valence-electron chi connectivity index (χ0n) is 30.6. The lowest BCUT2D eigenvalue weighted by atomic mass is 9.92. The summed E-state index contributed by atoms with van der Waals surface area (Å²) >= 11 is 0. The van der Waals surface area contributed by atoms with Crippen LogP contribution in [0.15, 0.2) is 29.1 Å². The smallest absolute Gasteiger partial charge is 0.259 e. The fourth-order valence-corrected chi connectivity index (χ4v) is 5.62. The third-order valence-corrected chi connectivity index (χ3v) is 9.96. The molecule has 7 N–H and O–H groups in total. The van der Waals surface area contributed by atoms with Crippen LogP contribution in [-0.2, 0) is 0 Å². The van der Waals surface area contributed by atoms with Crippen molar-refractivity contribution in [3.8, 4) is 22.9 Å². The number of carbonyl (C=O) groups is 2. The number of aryl methyl sites for hydroxylation is 4. The summed E-state index contributed by atoms with van der Waals surface area (Å²) in [5.41, 5.74) is 25.0. The fourth-order valence-electron chi connectivity index (χ4n) is 5.62. The summed E-state index contributed by atoms with van der Waals surface area (Å²) in [5.74, 6) is 0.241. The van der Waals surface area contributed by atoms with Crippen molar-refractivity contribution in [1.82, 2.24) is 9.97 Å². The van der Waals surface area contributed by atoms with E-state index in [1.807, 2.05) is 95.2 Å². The molecule has 0 radical (unpaired) electrons. The second-order valence-corrected chi connectivity index (χ2v) is 12.9. The number of nitrogens with two attached hydrogens (primary N) is 2. The van der Waals surface area contributed by atoms with Crippen LogP contribution in [0.25, 0.3) is 22.3 Å². The monoisotopic (exact) mass is 664 g/mol. The number of benzene rings is 4. The van der Waals surface area contributed by atoms with Gasteiger partial charge in [-0.3, -0.25) is 14.4 Å². The highest BCUT2D eigenvalue weighted by Gasteiger charge is 2.19. The Morgan fingerprint density at radius 2 is 1.14 bits per heavy atom. The lowest BCUT2D eigenvalue weighted by Crippen LogP contribution is -2.13. The molecule has 0 unspecified atom stereocenters. The zero-order valence-corrected chi connectivity index (χ0v) is 30.6. The van der Waals surface area contributed by atoms with E-state index in [1.165, 1.54) is 0 Å². The van der Waals surface area contributed by atoms with Crippen LogP contribution < -0.4 is 17.0 Å². The van der Waals surface area contributed by atoms with Crippen molar-refractivity contribution in [2.75, 3.05) is 5.73 Å². The number of phenolic OH excluding ortho intramolecular Hbond substituents is 2. The summed E-state index contributed by atoms with van der Waals surface area (Å²) < 4.78 is 0. The zero-order chi connectivity index (χ0) is 37.2. The Bertz CT molecular complexity index is 2140. The molecule has 0 saturated carbocycles. The van der Waals surface area contributed by atoms with E-state index >= 15 is 0 Å². The van der Waals surface area contributed by atoms with E-state index in [9.17, 15) is 24.6 Å². The first-order chi connectivity index (χ1) is 22.7. The first-order valence-electron chi connectivity index (χ1n) is 16.0. The molecule has 0 atom stereocenters. The maximum absolute atomic E-state index is 12.5. The molecule has 9 heteroatoms. The molecule has 0 fully saturated rings. The van der Waals surface area contributed by atoms with E-state index in [2.05, 4.69) is 9.97 Å². The molecule has 1 heterocycles. The van der Waals surface area contributed by atoms with Gasteiger partial charge < -0.3 is 26.7 Å². The van der Waals surface area contributed by atoms with Crippen LogP contribution in [-0.4, -0.2) is 32.4 Å². The van der Waals surface area contributed by atoms with Crippen LogP contribution in [0.3, 0.4) is 0 Å². The molecule has 5 rings (SSSR count). The van der Waals surface area contributed by atoms with E-state index in [-0.39, 0.29) is 17.1 Å². The number of aromatic amines is 1. The Balaban J connectivity index is 0.000000220. The maximum Gasteiger partial charge on any atom is 0.259 e. The van der Waals surface area contributed by atoms with Crippen LogP contribution in [0.4, 0.5) is 5.69 Å². The molecule has 0 bridgehead atoms. The molecule has 0 saturated heterocycles. The normalized spacial score (nSPS) is 10.6. The van der Waals surface area contributed by atoms with Crippen LogP contribution in [0.2, 0.25) is 0 Å². The molecule has 258 valence electrons. The summed E-state index contributed by atoms with van der Waals surface area (Å²) in [4.78, 5) is 41.5. The van der Waals surface area contributed by atoms with E-state index in [0.717, 1.165) is 66.8 Å². The fraction of sp³-hybridized carbons (Fsp3) is 0.300. The third kappa shape index (κ3) is 7.51. The number of rotatable bonds is 3. The van der Waals surface area contributed by atoms with Gasteiger partial charge in [0.2, 0.25) is 0 Å². The number of aromatic nitrogens is 2. The number of fused-ring (bicyclic) bond motifs is 1. The average molecular weight is 665 g/mol. The van der Waals surface area contributed by atoms with Crippen LogP contribution in [0.5, 0.6) is 11.5 Å². The molecule has 0 aliphatic heterocycles. The molecule has 49 heavy (non-hydrogen) atoms. The minimum atomic E-state index is -0.476. The van der Waals surface area contributed by atoms with Crippen molar-refractivity contribution < 1.29 is 19.8 Å².